The van der Waals surface area contributed by atoms with Crippen molar-refractivity contribution in [2.24, 2.45) is 0 Å². The third-order valence-corrected chi connectivity index (χ3v) is 2.15. The molecule has 16 heavy (non-hydrogen) atoms. The van der Waals surface area contributed by atoms with Gasteiger partial charge < -0.3 is 4.52 Å². The van der Waals surface area contributed by atoms with Crippen molar-refractivity contribution < 1.29 is 22.3 Å². The maximum atomic E-state index is 12.2. The minimum Gasteiger partial charge on any atom is -0.404 e. The van der Waals surface area contributed by atoms with E-state index in [1.54, 1.807) is 0 Å². The molecule has 1 heterocycles. The second kappa shape index (κ2) is 4.56. The van der Waals surface area contributed by atoms with Crippen molar-refractivity contribution in [1.82, 2.24) is 9.97 Å². The quantitative estimate of drug-likeness (QED) is 0.608. The SMILES string of the molecule is O=P(Cl)(Cl)Oc1cc(C(F)(F)F)nc(Cl)n1. The van der Waals surface area contributed by atoms with Crippen molar-refractivity contribution in [2.75, 3.05) is 0 Å². The van der Waals surface area contributed by atoms with E-state index in [9.17, 15) is 17.7 Å². The molecule has 0 fully saturated rings. The van der Waals surface area contributed by atoms with Gasteiger partial charge in [-0.3, -0.25) is 0 Å². The van der Waals surface area contributed by atoms with E-state index in [0.29, 0.717) is 6.07 Å². The van der Waals surface area contributed by atoms with E-state index in [1.165, 1.54) is 0 Å². The van der Waals surface area contributed by atoms with Gasteiger partial charge in [0, 0.05) is 28.5 Å². The fraction of sp³-hybridized carbons (Fsp3) is 0.200. The molecule has 0 amide bonds. The van der Waals surface area contributed by atoms with Gasteiger partial charge in [-0.15, -0.1) is 0 Å². The van der Waals surface area contributed by atoms with Crippen LogP contribution in [-0.4, -0.2) is 9.97 Å². The lowest BCUT2D eigenvalue weighted by Gasteiger charge is -2.09. The lowest BCUT2D eigenvalue weighted by Crippen LogP contribution is -2.09. The molecule has 0 radical (unpaired) electrons. The summed E-state index contributed by atoms with van der Waals surface area (Å²) in [5, 5.41) is -0.730. The zero-order chi connectivity index (χ0) is 12.6. The van der Waals surface area contributed by atoms with Crippen LogP contribution in [0.3, 0.4) is 0 Å². The summed E-state index contributed by atoms with van der Waals surface area (Å²) in [5.41, 5.74) is -1.36. The van der Waals surface area contributed by atoms with E-state index in [1.807, 2.05) is 0 Å². The molecule has 0 N–H and O–H groups in total. The van der Waals surface area contributed by atoms with E-state index in [0.717, 1.165) is 0 Å². The summed E-state index contributed by atoms with van der Waals surface area (Å²) in [4.78, 5) is 6.13. The fourth-order valence-corrected chi connectivity index (χ4v) is 1.61. The Kier molecular flexibility index (Phi) is 3.95. The number of halogens is 6. The smallest absolute Gasteiger partial charge is 0.404 e. The van der Waals surface area contributed by atoms with Gasteiger partial charge in [0.15, 0.2) is 5.69 Å². The van der Waals surface area contributed by atoms with Gasteiger partial charge >= 0.3 is 12.3 Å². The Morgan fingerprint density at radius 1 is 1.31 bits per heavy atom. The number of aromatic nitrogens is 2. The number of rotatable bonds is 2. The predicted molar refractivity (Wildman–Crippen MR) is 52.0 cm³/mol. The summed E-state index contributed by atoms with van der Waals surface area (Å²) in [6, 6.07) is 0.378. The molecule has 0 aliphatic heterocycles. The van der Waals surface area contributed by atoms with Gasteiger partial charge in [0.1, 0.15) is 0 Å². The predicted octanol–water partition coefficient (Wildman–Crippen LogP) is 4.11. The van der Waals surface area contributed by atoms with Crippen LogP contribution >= 0.6 is 40.2 Å². The standard InChI is InChI=1S/C5HCl3F3N2O2P/c6-4-12-2(5(9,10)11)1-3(13-4)15-16(7,8)14/h1H. The molecule has 1 aromatic heterocycles. The van der Waals surface area contributed by atoms with Gasteiger partial charge in [-0.05, 0) is 11.6 Å². The van der Waals surface area contributed by atoms with Crippen molar-refractivity contribution in [3.8, 4) is 5.88 Å². The monoisotopic (exact) mass is 314 g/mol. The minimum absolute atomic E-state index is 0.378. The maximum Gasteiger partial charge on any atom is 0.433 e. The van der Waals surface area contributed by atoms with Crippen LogP contribution in [0.5, 0.6) is 5.88 Å². The fourth-order valence-electron chi connectivity index (χ4n) is 0.698. The molecule has 1 rings (SSSR count). The second-order valence-corrected chi connectivity index (χ2v) is 6.90. The first-order valence-corrected chi connectivity index (χ1v) is 7.20. The molecule has 0 saturated heterocycles. The zero-order valence-electron chi connectivity index (χ0n) is 7.00. The van der Waals surface area contributed by atoms with Gasteiger partial charge in [0.05, 0.1) is 0 Å². The molecular formula is C5HCl3F3N2O2P. The molecule has 90 valence electrons. The summed E-state index contributed by atoms with van der Waals surface area (Å²) in [6.07, 6.45) is -8.79. The molecule has 0 atom stereocenters. The van der Waals surface area contributed by atoms with Gasteiger partial charge in [0.2, 0.25) is 11.2 Å². The Balaban J connectivity index is 3.14. The highest BCUT2D eigenvalue weighted by atomic mass is 35.9. The highest BCUT2D eigenvalue weighted by molar-refractivity contribution is 8.05. The summed E-state index contributed by atoms with van der Waals surface area (Å²) in [6.45, 7) is 0. The second-order valence-electron chi connectivity index (χ2n) is 2.36. The Hall–Kier alpha value is -0.230. The molecule has 0 bridgehead atoms. The van der Waals surface area contributed by atoms with Crippen LogP contribution in [-0.2, 0) is 10.7 Å². The van der Waals surface area contributed by atoms with Crippen molar-refractivity contribution in [1.29, 1.82) is 0 Å². The van der Waals surface area contributed by atoms with Crippen LogP contribution in [0.2, 0.25) is 5.28 Å². The van der Waals surface area contributed by atoms with E-state index >= 15 is 0 Å². The molecular weight excluding hydrogens is 314 g/mol. The Morgan fingerprint density at radius 2 is 1.88 bits per heavy atom. The maximum absolute atomic E-state index is 12.2. The van der Waals surface area contributed by atoms with E-state index < -0.39 is 29.1 Å². The molecule has 4 nitrogen and oxygen atoms in total. The number of hydrogen-bond acceptors (Lipinski definition) is 4. The topological polar surface area (TPSA) is 52.1 Å². The zero-order valence-corrected chi connectivity index (χ0v) is 10.2. The van der Waals surface area contributed by atoms with Gasteiger partial charge in [-0.1, -0.05) is 0 Å². The van der Waals surface area contributed by atoms with Crippen molar-refractivity contribution in [3.63, 3.8) is 0 Å². The molecule has 0 saturated carbocycles. The van der Waals surface area contributed by atoms with Gasteiger partial charge in [0.25, 0.3) is 0 Å². The van der Waals surface area contributed by atoms with Crippen molar-refractivity contribution in [2.45, 2.75) is 6.18 Å². The van der Waals surface area contributed by atoms with Gasteiger partial charge in [-0.25, -0.2) is 9.55 Å². The van der Waals surface area contributed by atoms with E-state index in [4.69, 9.17) is 34.1 Å². The molecule has 11 heteroatoms. The molecule has 1 aromatic rings. The normalized spacial score (nSPS) is 12.6. The Labute approximate surface area is 102 Å². The molecule has 0 aliphatic carbocycles. The minimum atomic E-state index is -4.74. The van der Waals surface area contributed by atoms with Crippen LogP contribution in [0.15, 0.2) is 6.07 Å². The first-order chi connectivity index (χ1) is 7.08. The molecule has 0 aliphatic rings. The van der Waals surface area contributed by atoms with Crippen LogP contribution in [0, 0.1) is 0 Å². The van der Waals surface area contributed by atoms with E-state index in [-0.39, 0.29) is 0 Å². The molecule has 0 aromatic carbocycles. The van der Waals surface area contributed by atoms with Crippen LogP contribution in [0.25, 0.3) is 0 Å². The third-order valence-electron chi connectivity index (χ3n) is 1.17. The average Bonchev–Trinajstić information content (AvgIpc) is 1.97. The third kappa shape index (κ3) is 4.33. The first-order valence-electron chi connectivity index (χ1n) is 3.39. The summed E-state index contributed by atoms with van der Waals surface area (Å²) < 4.78 is 51.8. The van der Waals surface area contributed by atoms with Crippen molar-refractivity contribution in [3.05, 3.63) is 17.0 Å². The van der Waals surface area contributed by atoms with Crippen molar-refractivity contribution >= 4 is 40.2 Å². The largest absolute Gasteiger partial charge is 0.433 e. The Morgan fingerprint density at radius 3 is 2.31 bits per heavy atom. The molecule has 0 unspecified atom stereocenters. The number of hydrogen-bond donors (Lipinski definition) is 0. The first kappa shape index (κ1) is 13.8. The number of nitrogens with zero attached hydrogens (tertiary/aromatic N) is 2. The highest BCUT2D eigenvalue weighted by Gasteiger charge is 2.34. The molecule has 0 spiro atoms. The Bertz CT molecular complexity index is 449. The number of alkyl halides is 3. The van der Waals surface area contributed by atoms with Crippen LogP contribution in [0.1, 0.15) is 5.69 Å². The highest BCUT2D eigenvalue weighted by Crippen LogP contribution is 2.56. The van der Waals surface area contributed by atoms with E-state index in [2.05, 4.69) is 14.5 Å². The van der Waals surface area contributed by atoms with Crippen LogP contribution < -0.4 is 4.52 Å². The summed E-state index contributed by atoms with van der Waals surface area (Å²) in [5.74, 6) is -0.722. The van der Waals surface area contributed by atoms with Crippen LogP contribution in [0.4, 0.5) is 13.2 Å². The average molecular weight is 315 g/mol. The van der Waals surface area contributed by atoms with Gasteiger partial charge in [-0.2, -0.15) is 18.2 Å². The summed E-state index contributed by atoms with van der Waals surface area (Å²) in [7, 11) is 0. The lowest BCUT2D eigenvalue weighted by atomic mass is 10.4. The summed E-state index contributed by atoms with van der Waals surface area (Å²) >= 11 is 15.2. The lowest BCUT2D eigenvalue weighted by molar-refractivity contribution is -0.141.